The molecule has 21 heavy (non-hydrogen) atoms. The van der Waals surface area contributed by atoms with Gasteiger partial charge in [-0.15, -0.1) is 0 Å². The Labute approximate surface area is 127 Å². The summed E-state index contributed by atoms with van der Waals surface area (Å²) in [6.45, 7) is 9.84. The van der Waals surface area contributed by atoms with Crippen molar-refractivity contribution in [3.8, 4) is 5.75 Å². The van der Waals surface area contributed by atoms with Crippen LogP contribution < -0.4 is 16.0 Å². The molecule has 3 heterocycles. The number of piperazine rings is 3. The molecule has 2 unspecified atom stereocenters. The summed E-state index contributed by atoms with van der Waals surface area (Å²) in [7, 11) is 0. The number of rotatable bonds is 5. The number of hydrogen-bond acceptors (Lipinski definition) is 5. The molecule has 116 valence electrons. The van der Waals surface area contributed by atoms with Crippen LogP contribution in [0.5, 0.6) is 5.75 Å². The SMILES string of the molecule is CC(C)Oc1cccc(C(NN)C2CN3CCN2CC3)c1. The summed E-state index contributed by atoms with van der Waals surface area (Å²) < 4.78 is 5.81. The third-order valence-electron chi connectivity index (χ3n) is 4.47. The third kappa shape index (κ3) is 3.21. The Morgan fingerprint density at radius 1 is 1.24 bits per heavy atom. The molecule has 2 bridgehead atoms. The molecule has 2 atom stereocenters. The predicted molar refractivity (Wildman–Crippen MR) is 84.1 cm³/mol. The molecule has 3 N–H and O–H groups in total. The topological polar surface area (TPSA) is 53.8 Å². The molecule has 5 nitrogen and oxygen atoms in total. The van der Waals surface area contributed by atoms with Crippen molar-refractivity contribution in [3.63, 3.8) is 0 Å². The van der Waals surface area contributed by atoms with Crippen molar-refractivity contribution in [2.45, 2.75) is 32.0 Å². The van der Waals surface area contributed by atoms with E-state index in [2.05, 4.69) is 27.4 Å². The maximum absolute atomic E-state index is 5.88. The monoisotopic (exact) mass is 290 g/mol. The Kier molecular flexibility index (Phi) is 4.45. The Balaban J connectivity index is 1.79. The molecule has 4 rings (SSSR count). The van der Waals surface area contributed by atoms with E-state index in [1.54, 1.807) is 0 Å². The minimum Gasteiger partial charge on any atom is -0.491 e. The smallest absolute Gasteiger partial charge is 0.120 e. The molecule has 1 aromatic rings. The van der Waals surface area contributed by atoms with Gasteiger partial charge in [-0.05, 0) is 31.5 Å². The number of hydrogen-bond donors (Lipinski definition) is 2. The van der Waals surface area contributed by atoms with Crippen molar-refractivity contribution >= 4 is 0 Å². The van der Waals surface area contributed by atoms with Gasteiger partial charge in [0.05, 0.1) is 12.1 Å². The molecule has 1 aromatic carbocycles. The predicted octanol–water partition coefficient (Wildman–Crippen LogP) is 0.978. The molecule has 0 amide bonds. The van der Waals surface area contributed by atoms with Gasteiger partial charge < -0.3 is 4.74 Å². The van der Waals surface area contributed by atoms with Crippen LogP contribution >= 0.6 is 0 Å². The van der Waals surface area contributed by atoms with Crippen molar-refractivity contribution in [3.05, 3.63) is 29.8 Å². The largest absolute Gasteiger partial charge is 0.491 e. The van der Waals surface area contributed by atoms with Crippen molar-refractivity contribution in [2.75, 3.05) is 32.7 Å². The average Bonchev–Trinajstić information content (AvgIpc) is 2.49. The second-order valence-electron chi connectivity index (χ2n) is 6.29. The van der Waals surface area contributed by atoms with E-state index in [0.29, 0.717) is 6.04 Å². The van der Waals surface area contributed by atoms with Gasteiger partial charge in [0.1, 0.15) is 5.75 Å². The molecular formula is C16H26N4O. The van der Waals surface area contributed by atoms with Crippen LogP contribution in [0.15, 0.2) is 24.3 Å². The van der Waals surface area contributed by atoms with E-state index < -0.39 is 0 Å². The Morgan fingerprint density at radius 2 is 2.00 bits per heavy atom. The average molecular weight is 290 g/mol. The lowest BCUT2D eigenvalue weighted by Crippen LogP contribution is -2.64. The van der Waals surface area contributed by atoms with Gasteiger partial charge in [-0.1, -0.05) is 12.1 Å². The lowest BCUT2D eigenvalue weighted by Gasteiger charge is -2.50. The number of ether oxygens (including phenoxy) is 1. The summed E-state index contributed by atoms with van der Waals surface area (Å²) >= 11 is 0. The quantitative estimate of drug-likeness (QED) is 0.625. The van der Waals surface area contributed by atoms with E-state index >= 15 is 0 Å². The van der Waals surface area contributed by atoms with Crippen LogP contribution in [-0.2, 0) is 0 Å². The zero-order valence-electron chi connectivity index (χ0n) is 13.0. The highest BCUT2D eigenvalue weighted by Crippen LogP contribution is 2.28. The fraction of sp³-hybridized carbons (Fsp3) is 0.625. The van der Waals surface area contributed by atoms with Gasteiger partial charge in [-0.25, -0.2) is 0 Å². The van der Waals surface area contributed by atoms with E-state index in [9.17, 15) is 0 Å². The summed E-state index contributed by atoms with van der Waals surface area (Å²) in [5, 5.41) is 0. The summed E-state index contributed by atoms with van der Waals surface area (Å²) in [5.74, 6) is 6.80. The highest BCUT2D eigenvalue weighted by molar-refractivity contribution is 5.32. The molecule has 3 aliphatic heterocycles. The maximum atomic E-state index is 5.88. The van der Waals surface area contributed by atoms with Crippen molar-refractivity contribution in [1.82, 2.24) is 15.2 Å². The Hall–Kier alpha value is -1.14. The zero-order valence-corrected chi connectivity index (χ0v) is 13.0. The zero-order chi connectivity index (χ0) is 14.8. The van der Waals surface area contributed by atoms with Crippen LogP contribution in [0.25, 0.3) is 0 Å². The number of nitrogens with two attached hydrogens (primary N) is 1. The van der Waals surface area contributed by atoms with Gasteiger partial charge in [0.25, 0.3) is 0 Å². The van der Waals surface area contributed by atoms with Crippen molar-refractivity contribution < 1.29 is 4.74 Å². The van der Waals surface area contributed by atoms with Crippen LogP contribution in [0.1, 0.15) is 25.5 Å². The molecule has 0 spiro atoms. The first-order valence-corrected chi connectivity index (χ1v) is 7.86. The minimum absolute atomic E-state index is 0.142. The molecule has 0 saturated carbocycles. The fourth-order valence-corrected chi connectivity index (χ4v) is 3.46. The van der Waals surface area contributed by atoms with Crippen LogP contribution in [0, 0.1) is 0 Å². The molecule has 0 radical (unpaired) electrons. The van der Waals surface area contributed by atoms with Gasteiger partial charge in [0.2, 0.25) is 0 Å². The van der Waals surface area contributed by atoms with Gasteiger partial charge in [0.15, 0.2) is 0 Å². The van der Waals surface area contributed by atoms with E-state index in [-0.39, 0.29) is 12.1 Å². The second kappa shape index (κ2) is 6.32. The summed E-state index contributed by atoms with van der Waals surface area (Å²) in [6.07, 6.45) is 0.185. The maximum Gasteiger partial charge on any atom is 0.120 e. The third-order valence-corrected chi connectivity index (χ3v) is 4.47. The lowest BCUT2D eigenvalue weighted by atomic mass is 9.94. The second-order valence-corrected chi connectivity index (χ2v) is 6.29. The first kappa shape index (κ1) is 14.8. The van der Waals surface area contributed by atoms with Crippen molar-refractivity contribution in [2.24, 2.45) is 5.84 Å². The highest BCUT2D eigenvalue weighted by Gasteiger charge is 2.37. The molecule has 3 aliphatic rings. The van der Waals surface area contributed by atoms with Gasteiger partial charge in [-0.2, -0.15) is 0 Å². The molecule has 0 aromatic heterocycles. The first-order valence-electron chi connectivity index (χ1n) is 7.86. The summed E-state index contributed by atoms with van der Waals surface area (Å²) in [4.78, 5) is 5.09. The van der Waals surface area contributed by atoms with E-state index in [4.69, 9.17) is 10.6 Å². The first-order chi connectivity index (χ1) is 10.2. The standard InChI is InChI=1S/C16H26N4O/c1-12(2)21-14-5-3-4-13(10-14)16(18-17)15-11-19-6-8-20(15)9-7-19/h3-5,10,12,15-16,18H,6-9,11,17H2,1-2H3. The summed E-state index contributed by atoms with van der Waals surface area (Å²) in [6, 6.07) is 8.89. The van der Waals surface area contributed by atoms with Crippen LogP contribution in [-0.4, -0.2) is 54.7 Å². The van der Waals surface area contributed by atoms with E-state index in [0.717, 1.165) is 25.4 Å². The van der Waals surface area contributed by atoms with Crippen molar-refractivity contribution in [1.29, 1.82) is 0 Å². The van der Waals surface area contributed by atoms with Crippen LogP contribution in [0.2, 0.25) is 0 Å². The molecule has 3 saturated heterocycles. The molecule has 0 aliphatic carbocycles. The highest BCUT2D eigenvalue weighted by atomic mass is 16.5. The van der Waals surface area contributed by atoms with Crippen LogP contribution in [0.4, 0.5) is 0 Å². The number of nitrogens with one attached hydrogen (secondary N) is 1. The molecule has 3 fully saturated rings. The number of benzene rings is 1. The van der Waals surface area contributed by atoms with Gasteiger partial charge in [-0.3, -0.25) is 21.1 Å². The minimum atomic E-state index is 0.142. The normalized spacial score (nSPS) is 29.6. The van der Waals surface area contributed by atoms with E-state index in [1.165, 1.54) is 18.7 Å². The fourth-order valence-electron chi connectivity index (χ4n) is 3.46. The Bertz CT molecular complexity index is 471. The Morgan fingerprint density at radius 3 is 2.57 bits per heavy atom. The van der Waals surface area contributed by atoms with Gasteiger partial charge >= 0.3 is 0 Å². The number of hydrazine groups is 1. The van der Waals surface area contributed by atoms with Crippen LogP contribution in [0.3, 0.4) is 0 Å². The van der Waals surface area contributed by atoms with E-state index in [1.807, 2.05) is 26.0 Å². The lowest BCUT2D eigenvalue weighted by molar-refractivity contribution is -0.00373. The molecular weight excluding hydrogens is 264 g/mol. The summed E-state index contributed by atoms with van der Waals surface area (Å²) in [5.41, 5.74) is 4.23. The van der Waals surface area contributed by atoms with Gasteiger partial charge in [0, 0.05) is 38.8 Å². The molecule has 5 heteroatoms. The number of fused-ring (bicyclic) bond motifs is 3. The number of nitrogens with zero attached hydrogens (tertiary/aromatic N) is 2.